The highest BCUT2D eigenvalue weighted by Crippen LogP contribution is 2.37. The molecule has 0 unspecified atom stereocenters. The number of benzene rings is 2. The Morgan fingerprint density at radius 1 is 1.15 bits per heavy atom. The molecule has 0 aliphatic heterocycles. The minimum Gasteiger partial charge on any atom is -0.284 e. The van der Waals surface area contributed by atoms with Gasteiger partial charge < -0.3 is 0 Å². The number of thiazole rings is 1. The van der Waals surface area contributed by atoms with E-state index in [2.05, 4.69) is 40.9 Å². The number of hydrogen-bond donors (Lipinski definition) is 1. The van der Waals surface area contributed by atoms with Crippen molar-refractivity contribution in [1.29, 1.82) is 0 Å². The molecule has 0 atom stereocenters. The molecule has 0 spiro atoms. The van der Waals surface area contributed by atoms with Gasteiger partial charge in [-0.15, -0.1) is 11.3 Å². The molecule has 4 rings (SSSR count). The quantitative estimate of drug-likeness (QED) is 0.709. The summed E-state index contributed by atoms with van der Waals surface area (Å²) in [5.74, 6) is 0. The van der Waals surface area contributed by atoms with E-state index in [0.717, 1.165) is 35.9 Å². The van der Waals surface area contributed by atoms with Crippen LogP contribution in [-0.2, 0) is 22.9 Å². The van der Waals surface area contributed by atoms with Crippen molar-refractivity contribution in [2.24, 2.45) is 0 Å². The van der Waals surface area contributed by atoms with Gasteiger partial charge in [0.05, 0.1) is 22.3 Å². The van der Waals surface area contributed by atoms with Crippen LogP contribution in [0.4, 0.5) is 5.69 Å². The highest BCUT2D eigenvalue weighted by molar-refractivity contribution is 7.92. The minimum absolute atomic E-state index is 0.564. The molecule has 1 heterocycles. The maximum absolute atomic E-state index is 11.5. The zero-order valence-electron chi connectivity index (χ0n) is 15.2. The molecule has 3 aromatic rings. The lowest BCUT2D eigenvalue weighted by Crippen LogP contribution is -2.09. The maximum atomic E-state index is 11.5. The topological polar surface area (TPSA) is 59.1 Å². The maximum Gasteiger partial charge on any atom is 0.229 e. The van der Waals surface area contributed by atoms with Crippen molar-refractivity contribution in [2.45, 2.75) is 19.8 Å². The Hall–Kier alpha value is -2.44. The zero-order chi connectivity index (χ0) is 19.0. The SMILES string of the molecule is Cc1ccc2c(c1)CCc1ncsc1/C2=C\c1cccc(NS(C)(=O)=O)c1. The second-order valence-electron chi connectivity index (χ2n) is 6.85. The first-order chi connectivity index (χ1) is 12.9. The van der Waals surface area contributed by atoms with Gasteiger partial charge in [0.2, 0.25) is 10.0 Å². The van der Waals surface area contributed by atoms with E-state index in [1.54, 1.807) is 17.4 Å². The number of nitrogens with zero attached hydrogens (tertiary/aromatic N) is 1. The van der Waals surface area contributed by atoms with Gasteiger partial charge in [-0.3, -0.25) is 4.72 Å². The van der Waals surface area contributed by atoms with E-state index in [1.165, 1.54) is 21.6 Å². The Labute approximate surface area is 163 Å². The van der Waals surface area contributed by atoms with E-state index in [4.69, 9.17) is 0 Å². The van der Waals surface area contributed by atoms with E-state index in [0.29, 0.717) is 5.69 Å². The molecule has 0 radical (unpaired) electrons. The molecule has 6 heteroatoms. The number of rotatable bonds is 3. The third-order valence-corrected chi connectivity index (χ3v) is 6.08. The van der Waals surface area contributed by atoms with Gasteiger partial charge >= 0.3 is 0 Å². The Balaban J connectivity index is 1.85. The van der Waals surface area contributed by atoms with Gasteiger partial charge in [0.25, 0.3) is 0 Å². The average molecular weight is 397 g/mol. The highest BCUT2D eigenvalue weighted by Gasteiger charge is 2.20. The van der Waals surface area contributed by atoms with Crippen LogP contribution in [0.5, 0.6) is 0 Å². The fraction of sp³-hybridized carbons (Fsp3) is 0.190. The lowest BCUT2D eigenvalue weighted by molar-refractivity contribution is 0.607. The second-order valence-corrected chi connectivity index (χ2v) is 9.45. The van der Waals surface area contributed by atoms with Crippen LogP contribution in [0.1, 0.15) is 32.8 Å². The monoisotopic (exact) mass is 396 g/mol. The number of aryl methyl sites for hydroxylation is 3. The van der Waals surface area contributed by atoms with Gasteiger partial charge in [0.15, 0.2) is 0 Å². The number of anilines is 1. The average Bonchev–Trinajstić information content (AvgIpc) is 3.00. The fourth-order valence-electron chi connectivity index (χ4n) is 3.45. The molecule has 0 saturated heterocycles. The van der Waals surface area contributed by atoms with Crippen LogP contribution in [0.3, 0.4) is 0 Å². The molecule has 2 aromatic carbocycles. The normalized spacial score (nSPS) is 15.1. The van der Waals surface area contributed by atoms with E-state index in [1.807, 2.05) is 23.7 Å². The van der Waals surface area contributed by atoms with Crippen molar-refractivity contribution >= 4 is 38.7 Å². The van der Waals surface area contributed by atoms with Crippen molar-refractivity contribution in [3.8, 4) is 0 Å². The van der Waals surface area contributed by atoms with Crippen LogP contribution >= 0.6 is 11.3 Å². The molecule has 4 nitrogen and oxygen atoms in total. The van der Waals surface area contributed by atoms with Crippen LogP contribution in [0, 0.1) is 6.92 Å². The summed E-state index contributed by atoms with van der Waals surface area (Å²) in [5.41, 5.74) is 9.51. The third-order valence-electron chi connectivity index (χ3n) is 4.57. The fourth-order valence-corrected chi connectivity index (χ4v) is 4.88. The number of fused-ring (bicyclic) bond motifs is 2. The molecule has 0 fully saturated rings. The van der Waals surface area contributed by atoms with E-state index >= 15 is 0 Å². The summed E-state index contributed by atoms with van der Waals surface area (Å²) in [6.45, 7) is 2.11. The highest BCUT2D eigenvalue weighted by atomic mass is 32.2. The van der Waals surface area contributed by atoms with Gasteiger partial charge in [-0.25, -0.2) is 13.4 Å². The summed E-state index contributed by atoms with van der Waals surface area (Å²) in [6, 6.07) is 14.0. The number of nitrogens with one attached hydrogen (secondary N) is 1. The Morgan fingerprint density at radius 2 is 2.00 bits per heavy atom. The molecule has 1 aliphatic rings. The Bertz CT molecular complexity index is 1140. The van der Waals surface area contributed by atoms with Gasteiger partial charge in [0.1, 0.15) is 0 Å². The van der Waals surface area contributed by atoms with Crippen LogP contribution in [0.15, 0.2) is 48.0 Å². The van der Waals surface area contributed by atoms with Gasteiger partial charge in [-0.1, -0.05) is 35.9 Å². The van der Waals surface area contributed by atoms with E-state index in [-0.39, 0.29) is 0 Å². The number of hydrogen-bond acceptors (Lipinski definition) is 4. The summed E-state index contributed by atoms with van der Waals surface area (Å²) in [6.07, 6.45) is 5.19. The molecular weight excluding hydrogens is 376 g/mol. The first kappa shape index (κ1) is 17.9. The Morgan fingerprint density at radius 3 is 2.81 bits per heavy atom. The minimum atomic E-state index is -3.30. The van der Waals surface area contributed by atoms with Crippen molar-refractivity contribution in [2.75, 3.05) is 11.0 Å². The molecule has 1 aromatic heterocycles. The lowest BCUT2D eigenvalue weighted by atomic mass is 9.95. The van der Waals surface area contributed by atoms with E-state index in [9.17, 15) is 8.42 Å². The summed E-state index contributed by atoms with van der Waals surface area (Å²) < 4.78 is 25.6. The van der Waals surface area contributed by atoms with Gasteiger partial charge in [-0.05, 0) is 54.7 Å². The third kappa shape index (κ3) is 3.96. The summed E-state index contributed by atoms with van der Waals surface area (Å²) in [7, 11) is -3.30. The predicted octanol–water partition coefficient (Wildman–Crippen LogP) is 4.51. The molecular formula is C21H20N2O2S2. The smallest absolute Gasteiger partial charge is 0.229 e. The zero-order valence-corrected chi connectivity index (χ0v) is 16.8. The van der Waals surface area contributed by atoms with Crippen LogP contribution < -0.4 is 4.72 Å². The molecule has 27 heavy (non-hydrogen) atoms. The van der Waals surface area contributed by atoms with Crippen molar-refractivity contribution in [3.05, 3.63) is 80.8 Å². The van der Waals surface area contributed by atoms with Gasteiger partial charge in [0, 0.05) is 11.3 Å². The second kappa shape index (κ2) is 6.94. The molecule has 0 bridgehead atoms. The van der Waals surface area contributed by atoms with E-state index < -0.39 is 10.0 Å². The first-order valence-electron chi connectivity index (χ1n) is 8.71. The summed E-state index contributed by atoms with van der Waals surface area (Å²) in [5, 5.41) is 0. The summed E-state index contributed by atoms with van der Waals surface area (Å²) in [4.78, 5) is 5.76. The van der Waals surface area contributed by atoms with Crippen molar-refractivity contribution in [1.82, 2.24) is 4.98 Å². The number of aromatic nitrogens is 1. The lowest BCUT2D eigenvalue weighted by Gasteiger charge is -2.11. The van der Waals surface area contributed by atoms with Crippen LogP contribution in [0.2, 0.25) is 0 Å². The van der Waals surface area contributed by atoms with Crippen LogP contribution in [0.25, 0.3) is 11.6 Å². The summed E-state index contributed by atoms with van der Waals surface area (Å²) >= 11 is 1.66. The van der Waals surface area contributed by atoms with Crippen LogP contribution in [-0.4, -0.2) is 19.7 Å². The molecule has 0 amide bonds. The molecule has 138 valence electrons. The Kier molecular flexibility index (Phi) is 4.61. The standard InChI is InChI=1S/C21H20N2O2S2/c1-14-6-8-18-16(10-14)7-9-20-21(26-13-22-20)19(18)12-15-4-3-5-17(11-15)23-27(2,24)25/h3-6,8,10-13,23H,7,9H2,1-2H3/b19-12-. The van der Waals surface area contributed by atoms with Crippen molar-refractivity contribution in [3.63, 3.8) is 0 Å². The van der Waals surface area contributed by atoms with Gasteiger partial charge in [-0.2, -0.15) is 0 Å². The molecule has 1 aliphatic carbocycles. The predicted molar refractivity (Wildman–Crippen MR) is 113 cm³/mol. The molecule has 1 N–H and O–H groups in total. The number of sulfonamides is 1. The van der Waals surface area contributed by atoms with Crippen molar-refractivity contribution < 1.29 is 8.42 Å². The first-order valence-corrected chi connectivity index (χ1v) is 11.5. The molecule has 0 saturated carbocycles. The largest absolute Gasteiger partial charge is 0.284 e.